The number of esters is 1. The number of carbonyl (C=O) groups is 2. The van der Waals surface area contributed by atoms with E-state index in [1.165, 1.54) is 12.0 Å². The highest BCUT2D eigenvalue weighted by atomic mass is 19.4. The first kappa shape index (κ1) is 39.4. The summed E-state index contributed by atoms with van der Waals surface area (Å²) in [6.45, 7) is 7.70. The molecule has 290 valence electrons. The van der Waals surface area contributed by atoms with Crippen LogP contribution < -0.4 is 4.74 Å². The van der Waals surface area contributed by atoms with Crippen molar-refractivity contribution >= 4 is 17.6 Å². The maximum Gasteiger partial charge on any atom is 0.416 e. The molecule has 0 N–H and O–H groups in total. The van der Waals surface area contributed by atoms with Gasteiger partial charge in [-0.1, -0.05) is 56.3 Å². The smallest absolute Gasteiger partial charge is 0.416 e. The molecule has 6 nitrogen and oxygen atoms in total. The van der Waals surface area contributed by atoms with E-state index in [4.69, 9.17) is 14.2 Å². The number of amides is 1. The SMILES string of the molecule is COC(=O)c1ccc(-c2ccccc2)c(C)c1-c1ccc(OC)c(C2=C(CN3C(=O)O[C@H](c4cc(C(F)(F)F)cc(C(F)(F)F)c4)[C@H]3C)CC(C)(C)CC2)c1. The minimum absolute atomic E-state index is 0.0175. The van der Waals surface area contributed by atoms with Gasteiger partial charge in [0.2, 0.25) is 0 Å². The van der Waals surface area contributed by atoms with Gasteiger partial charge in [-0.15, -0.1) is 0 Å². The monoisotopic (exact) mass is 765 g/mol. The van der Waals surface area contributed by atoms with E-state index in [2.05, 4.69) is 13.8 Å². The van der Waals surface area contributed by atoms with E-state index in [1.807, 2.05) is 61.5 Å². The number of methoxy groups -OCH3 is 2. The standard InChI is InChI=1S/C43H41F6NO5/c1-24-32(26-10-8-7-9-11-26)13-14-34(39(51)54-6)37(24)27-12-15-36(53-5)35(20-27)33-16-17-41(3,4)22-29(33)23-50-25(2)38(55-40(50)52)28-18-30(42(44,45)46)21-31(19-28)43(47,48)49/h7-15,18-21,25,38H,16-17,22-23H2,1-6H3/t25-,38+/m1/s1. The maximum atomic E-state index is 13.7. The molecule has 0 bridgehead atoms. The summed E-state index contributed by atoms with van der Waals surface area (Å²) in [4.78, 5) is 28.0. The van der Waals surface area contributed by atoms with Crippen LogP contribution in [-0.4, -0.2) is 43.8 Å². The molecule has 0 saturated carbocycles. The lowest BCUT2D eigenvalue weighted by molar-refractivity contribution is -0.143. The summed E-state index contributed by atoms with van der Waals surface area (Å²) in [5.41, 5.74) is 3.43. The summed E-state index contributed by atoms with van der Waals surface area (Å²) in [5, 5.41) is 0. The van der Waals surface area contributed by atoms with Crippen LogP contribution in [0.2, 0.25) is 0 Å². The van der Waals surface area contributed by atoms with Gasteiger partial charge < -0.3 is 14.2 Å². The molecule has 1 saturated heterocycles. The Kier molecular flexibility index (Phi) is 10.6. The predicted octanol–water partition coefficient (Wildman–Crippen LogP) is 11.7. The van der Waals surface area contributed by atoms with Crippen LogP contribution in [-0.2, 0) is 21.8 Å². The van der Waals surface area contributed by atoms with E-state index in [1.54, 1.807) is 20.1 Å². The van der Waals surface area contributed by atoms with Gasteiger partial charge >= 0.3 is 24.4 Å². The Labute approximate surface area is 315 Å². The first-order chi connectivity index (χ1) is 25.8. The number of benzene rings is 4. The van der Waals surface area contributed by atoms with Gasteiger partial charge in [0.05, 0.1) is 37.0 Å². The number of cyclic esters (lactones) is 1. The van der Waals surface area contributed by atoms with Crippen molar-refractivity contribution in [1.82, 2.24) is 4.90 Å². The van der Waals surface area contributed by atoms with Crippen LogP contribution in [0, 0.1) is 12.3 Å². The number of nitrogens with zero attached hydrogens (tertiary/aromatic N) is 1. The van der Waals surface area contributed by atoms with Crippen molar-refractivity contribution in [3.05, 3.63) is 118 Å². The van der Waals surface area contributed by atoms with Crippen LogP contribution in [0.3, 0.4) is 0 Å². The zero-order chi connectivity index (χ0) is 40.0. The fourth-order valence-corrected chi connectivity index (χ4v) is 7.79. The van der Waals surface area contributed by atoms with Gasteiger partial charge in [-0.3, -0.25) is 4.90 Å². The largest absolute Gasteiger partial charge is 0.496 e. The van der Waals surface area contributed by atoms with Crippen molar-refractivity contribution in [1.29, 1.82) is 0 Å². The first-order valence-corrected chi connectivity index (χ1v) is 17.8. The normalized spacial score (nSPS) is 18.7. The lowest BCUT2D eigenvalue weighted by Crippen LogP contribution is -2.35. The number of ether oxygens (including phenoxy) is 3. The van der Waals surface area contributed by atoms with E-state index < -0.39 is 53.3 Å². The molecule has 0 radical (unpaired) electrons. The van der Waals surface area contributed by atoms with Gasteiger partial charge in [0, 0.05) is 12.1 Å². The Balaban J connectivity index is 1.45. The topological polar surface area (TPSA) is 65.1 Å². The molecule has 4 aromatic rings. The Morgan fingerprint density at radius 1 is 0.873 bits per heavy atom. The molecule has 1 heterocycles. The minimum atomic E-state index is -5.05. The van der Waals surface area contributed by atoms with E-state index in [0.717, 1.165) is 45.4 Å². The fourth-order valence-electron chi connectivity index (χ4n) is 7.79. The van der Waals surface area contributed by atoms with Crippen molar-refractivity contribution in [2.45, 2.75) is 71.5 Å². The van der Waals surface area contributed by atoms with Crippen LogP contribution in [0.15, 0.2) is 84.4 Å². The molecule has 6 rings (SSSR count). The molecule has 1 fully saturated rings. The predicted molar refractivity (Wildman–Crippen MR) is 196 cm³/mol. The number of hydrogen-bond donors (Lipinski definition) is 0. The first-order valence-electron chi connectivity index (χ1n) is 17.8. The van der Waals surface area contributed by atoms with Crippen molar-refractivity contribution in [2.24, 2.45) is 5.41 Å². The maximum absolute atomic E-state index is 13.7. The zero-order valence-corrected chi connectivity index (χ0v) is 31.2. The molecule has 0 aromatic heterocycles. The number of allylic oxidation sites excluding steroid dienone is 1. The average molecular weight is 766 g/mol. The van der Waals surface area contributed by atoms with E-state index in [0.29, 0.717) is 41.9 Å². The van der Waals surface area contributed by atoms with Crippen LogP contribution in [0.1, 0.15) is 84.3 Å². The third kappa shape index (κ3) is 7.95. The molecule has 12 heteroatoms. The fraction of sp³-hybridized carbons (Fsp3) is 0.349. The van der Waals surface area contributed by atoms with Crippen molar-refractivity contribution in [3.63, 3.8) is 0 Å². The zero-order valence-electron chi connectivity index (χ0n) is 31.2. The summed E-state index contributed by atoms with van der Waals surface area (Å²) in [7, 11) is 2.87. The minimum Gasteiger partial charge on any atom is -0.496 e. The number of carbonyl (C=O) groups excluding carboxylic acids is 2. The molecule has 1 aliphatic carbocycles. The molecular formula is C43H41F6NO5. The summed E-state index contributed by atoms with van der Waals surface area (Å²) < 4.78 is 99.0. The lowest BCUT2D eigenvalue weighted by Gasteiger charge is -2.36. The molecule has 1 aliphatic heterocycles. The number of rotatable bonds is 8. The Morgan fingerprint density at radius 2 is 1.53 bits per heavy atom. The Bertz CT molecular complexity index is 2120. The van der Waals surface area contributed by atoms with Crippen molar-refractivity contribution < 1.29 is 50.1 Å². The molecular weight excluding hydrogens is 724 g/mol. The van der Waals surface area contributed by atoms with E-state index in [9.17, 15) is 35.9 Å². The highest BCUT2D eigenvalue weighted by Crippen LogP contribution is 2.48. The Morgan fingerprint density at radius 3 is 2.13 bits per heavy atom. The van der Waals surface area contributed by atoms with Crippen LogP contribution >= 0.6 is 0 Å². The second-order valence-corrected chi connectivity index (χ2v) is 14.9. The number of halogens is 6. The average Bonchev–Trinajstić information content (AvgIpc) is 3.41. The Hall–Kier alpha value is -5.26. The number of hydrogen-bond acceptors (Lipinski definition) is 5. The number of alkyl halides is 6. The van der Waals surface area contributed by atoms with Gasteiger partial charge in [0.15, 0.2) is 0 Å². The van der Waals surface area contributed by atoms with Gasteiger partial charge in [-0.25, -0.2) is 9.59 Å². The van der Waals surface area contributed by atoms with Gasteiger partial charge in [-0.05, 0) is 119 Å². The molecule has 0 unspecified atom stereocenters. The summed E-state index contributed by atoms with van der Waals surface area (Å²) in [5.74, 6) is 0.0413. The van der Waals surface area contributed by atoms with E-state index in [-0.39, 0.29) is 18.0 Å². The lowest BCUT2D eigenvalue weighted by atomic mass is 9.72. The van der Waals surface area contributed by atoms with Crippen LogP contribution in [0.5, 0.6) is 5.75 Å². The van der Waals surface area contributed by atoms with Gasteiger partial charge in [0.1, 0.15) is 11.9 Å². The third-order valence-corrected chi connectivity index (χ3v) is 10.6. The second kappa shape index (κ2) is 14.8. The van der Waals surface area contributed by atoms with Crippen LogP contribution in [0.25, 0.3) is 27.8 Å². The van der Waals surface area contributed by atoms with Gasteiger partial charge in [-0.2, -0.15) is 26.3 Å². The highest BCUT2D eigenvalue weighted by Gasteiger charge is 2.44. The highest BCUT2D eigenvalue weighted by molar-refractivity contribution is 6.00. The van der Waals surface area contributed by atoms with Gasteiger partial charge in [0.25, 0.3) is 0 Å². The molecule has 55 heavy (non-hydrogen) atoms. The molecule has 0 spiro atoms. The molecule has 2 atom stereocenters. The summed E-state index contributed by atoms with van der Waals surface area (Å²) in [6, 6.07) is 19.4. The summed E-state index contributed by atoms with van der Waals surface area (Å²) >= 11 is 0. The molecule has 2 aliphatic rings. The van der Waals surface area contributed by atoms with E-state index >= 15 is 0 Å². The quantitative estimate of drug-likeness (QED) is 0.132. The van der Waals surface area contributed by atoms with Crippen molar-refractivity contribution in [2.75, 3.05) is 20.8 Å². The third-order valence-electron chi connectivity index (χ3n) is 10.6. The molecule has 4 aromatic carbocycles. The summed E-state index contributed by atoms with van der Waals surface area (Å²) in [6.07, 6.45) is -10.4. The molecule has 1 amide bonds. The van der Waals surface area contributed by atoms with Crippen LogP contribution in [0.4, 0.5) is 31.1 Å². The van der Waals surface area contributed by atoms with Crippen molar-refractivity contribution in [3.8, 4) is 28.0 Å². The second-order valence-electron chi connectivity index (χ2n) is 14.9.